The Labute approximate surface area is 179 Å². The molecule has 0 radical (unpaired) electrons. The Hall–Kier alpha value is -3.20. The smallest absolute Gasteiger partial charge is 0.412 e. The van der Waals surface area contributed by atoms with Crippen molar-refractivity contribution >= 4 is 46.2 Å². The molecule has 0 atom stereocenters. The van der Waals surface area contributed by atoms with E-state index in [2.05, 4.69) is 15.6 Å². The molecule has 2 amide bonds. The maximum atomic E-state index is 11.8. The number of nitrogens with zero attached hydrogens (tertiary/aromatic N) is 1. The van der Waals surface area contributed by atoms with E-state index in [4.69, 9.17) is 4.74 Å². The van der Waals surface area contributed by atoms with E-state index in [-0.39, 0.29) is 5.91 Å². The maximum Gasteiger partial charge on any atom is 0.412 e. The third-order valence-corrected chi connectivity index (χ3v) is 4.61. The molecule has 0 saturated carbocycles. The minimum absolute atomic E-state index is 0.251. The first-order chi connectivity index (χ1) is 14.0. The average molecular weight is 431 g/mol. The maximum absolute atomic E-state index is 11.8. The van der Waals surface area contributed by atoms with Crippen LogP contribution in [-0.4, -0.2) is 28.6 Å². The lowest BCUT2D eigenvalue weighted by molar-refractivity contribution is -0.297. The summed E-state index contributed by atoms with van der Waals surface area (Å²) in [6.45, 7) is 6.76. The van der Waals surface area contributed by atoms with Crippen molar-refractivity contribution in [2.75, 3.05) is 10.6 Å². The number of thiazole rings is 1. The Morgan fingerprint density at radius 2 is 1.80 bits per heavy atom. The van der Waals surface area contributed by atoms with Gasteiger partial charge in [0.25, 0.3) is 0 Å². The van der Waals surface area contributed by atoms with Crippen LogP contribution < -0.4 is 15.7 Å². The largest absolute Gasteiger partial charge is 0.545 e. The van der Waals surface area contributed by atoms with Crippen molar-refractivity contribution in [1.82, 2.24) is 4.98 Å². The second-order valence-electron chi connectivity index (χ2n) is 7.49. The van der Waals surface area contributed by atoms with Crippen LogP contribution in [0.5, 0.6) is 0 Å². The van der Waals surface area contributed by atoms with Crippen molar-refractivity contribution in [3.05, 3.63) is 46.5 Å². The number of carboxylic acid groups (broad SMARTS) is 1. The third-order valence-electron chi connectivity index (χ3n) is 3.63. The first-order valence-corrected chi connectivity index (χ1v) is 10.1. The molecule has 0 spiro atoms. The molecule has 2 N–H and O–H groups in total. The molecule has 160 valence electrons. The highest BCUT2D eigenvalue weighted by molar-refractivity contribution is 7.16. The number of rotatable bonds is 7. The standard InChI is InChI=1S/C21H25N3O5S/c1-13(25)22-19-24-16(17(30-19)11-12-18(26)27)10-7-14-5-8-15(9-6-14)23-20(28)29-21(2,3)4/h5-6,8-9,11-12H,7,10H2,1-4H3,(H,23,28)(H,26,27)(H,22,24,25)/p-1/b12-11+. The highest BCUT2D eigenvalue weighted by atomic mass is 32.1. The minimum Gasteiger partial charge on any atom is -0.545 e. The van der Waals surface area contributed by atoms with E-state index in [9.17, 15) is 19.5 Å². The second-order valence-corrected chi connectivity index (χ2v) is 8.52. The van der Waals surface area contributed by atoms with Gasteiger partial charge in [-0.15, -0.1) is 0 Å². The Balaban J connectivity index is 2.03. The SMILES string of the molecule is CC(=O)Nc1nc(CCc2ccc(NC(=O)OC(C)(C)C)cc2)c(/C=C/C(=O)[O-])s1. The second kappa shape index (κ2) is 10.0. The zero-order chi connectivity index (χ0) is 22.3. The summed E-state index contributed by atoms with van der Waals surface area (Å²) in [7, 11) is 0. The quantitative estimate of drug-likeness (QED) is 0.652. The molecule has 8 nitrogen and oxygen atoms in total. The van der Waals surface area contributed by atoms with E-state index in [1.54, 1.807) is 32.9 Å². The highest BCUT2D eigenvalue weighted by Gasteiger charge is 2.16. The van der Waals surface area contributed by atoms with Gasteiger partial charge in [-0.2, -0.15) is 0 Å². The number of carbonyl (C=O) groups is 3. The van der Waals surface area contributed by atoms with Crippen LogP contribution in [0.1, 0.15) is 43.8 Å². The van der Waals surface area contributed by atoms with Crippen molar-refractivity contribution in [1.29, 1.82) is 0 Å². The van der Waals surface area contributed by atoms with E-state index < -0.39 is 17.7 Å². The highest BCUT2D eigenvalue weighted by Crippen LogP contribution is 2.26. The summed E-state index contributed by atoms with van der Waals surface area (Å²) < 4.78 is 5.22. The van der Waals surface area contributed by atoms with Gasteiger partial charge in [0.05, 0.1) is 16.5 Å². The lowest BCUT2D eigenvalue weighted by Gasteiger charge is -2.19. The molecule has 0 aliphatic rings. The van der Waals surface area contributed by atoms with Gasteiger partial charge in [0.1, 0.15) is 5.60 Å². The Morgan fingerprint density at radius 3 is 2.37 bits per heavy atom. The van der Waals surface area contributed by atoms with Crippen molar-refractivity contribution in [2.45, 2.75) is 46.1 Å². The van der Waals surface area contributed by atoms with Gasteiger partial charge in [0, 0.05) is 12.6 Å². The molecule has 0 fully saturated rings. The molecule has 2 rings (SSSR count). The number of ether oxygens (including phenoxy) is 1. The monoisotopic (exact) mass is 430 g/mol. The van der Waals surface area contributed by atoms with E-state index in [1.807, 2.05) is 12.1 Å². The number of carbonyl (C=O) groups excluding carboxylic acids is 3. The first kappa shape index (κ1) is 23.1. The molecule has 1 aromatic heterocycles. The summed E-state index contributed by atoms with van der Waals surface area (Å²) in [4.78, 5) is 38.8. The third kappa shape index (κ3) is 8.04. The summed E-state index contributed by atoms with van der Waals surface area (Å²) in [5.41, 5.74) is 1.73. The summed E-state index contributed by atoms with van der Waals surface area (Å²) in [6, 6.07) is 7.31. The topological polar surface area (TPSA) is 120 Å². The molecule has 1 heterocycles. The molecule has 9 heteroatoms. The molecule has 0 aliphatic heterocycles. The van der Waals surface area contributed by atoms with Gasteiger partial charge in [0.15, 0.2) is 5.13 Å². The fraction of sp³-hybridized carbons (Fsp3) is 0.333. The van der Waals surface area contributed by atoms with Gasteiger partial charge in [-0.1, -0.05) is 23.5 Å². The molecular formula is C21H24N3O5S-. The van der Waals surface area contributed by atoms with Crippen LogP contribution >= 0.6 is 11.3 Å². The van der Waals surface area contributed by atoms with E-state index >= 15 is 0 Å². The minimum atomic E-state index is -1.30. The van der Waals surface area contributed by atoms with E-state index in [0.717, 1.165) is 11.6 Å². The molecule has 0 aliphatic carbocycles. The van der Waals surface area contributed by atoms with Gasteiger partial charge in [-0.05, 0) is 63.5 Å². The number of anilines is 2. The predicted octanol–water partition coefficient (Wildman–Crippen LogP) is 3.00. The van der Waals surface area contributed by atoms with Gasteiger partial charge in [-0.25, -0.2) is 9.78 Å². The Kier molecular flexibility index (Phi) is 7.71. The number of benzene rings is 1. The molecule has 30 heavy (non-hydrogen) atoms. The number of amides is 2. The molecular weight excluding hydrogens is 406 g/mol. The fourth-order valence-electron chi connectivity index (χ4n) is 2.46. The van der Waals surface area contributed by atoms with Crippen LogP contribution in [0.3, 0.4) is 0 Å². The van der Waals surface area contributed by atoms with Crippen molar-refractivity contribution < 1.29 is 24.2 Å². The number of aromatic nitrogens is 1. The molecule has 0 unspecified atom stereocenters. The van der Waals surface area contributed by atoms with Gasteiger partial charge < -0.3 is 20.0 Å². The van der Waals surface area contributed by atoms with Crippen LogP contribution in [0.25, 0.3) is 6.08 Å². The summed E-state index contributed by atoms with van der Waals surface area (Å²) in [5, 5.41) is 16.4. The number of nitrogens with one attached hydrogen (secondary N) is 2. The predicted molar refractivity (Wildman–Crippen MR) is 114 cm³/mol. The summed E-state index contributed by atoms with van der Waals surface area (Å²) in [5.74, 6) is -1.55. The van der Waals surface area contributed by atoms with Gasteiger partial charge >= 0.3 is 6.09 Å². The average Bonchev–Trinajstić information content (AvgIpc) is 2.98. The summed E-state index contributed by atoms with van der Waals surface area (Å²) >= 11 is 1.20. The number of aryl methyl sites for hydroxylation is 2. The number of hydrogen-bond acceptors (Lipinski definition) is 7. The molecule has 0 saturated heterocycles. The fourth-order valence-corrected chi connectivity index (χ4v) is 3.42. The van der Waals surface area contributed by atoms with Crippen molar-refractivity contribution in [3.8, 4) is 0 Å². The molecule has 0 bridgehead atoms. The Morgan fingerprint density at radius 1 is 1.13 bits per heavy atom. The summed E-state index contributed by atoms with van der Waals surface area (Å²) in [6.07, 6.45) is 3.02. The van der Waals surface area contributed by atoms with Gasteiger partial charge in [0.2, 0.25) is 5.91 Å². The van der Waals surface area contributed by atoms with Crippen LogP contribution in [0.15, 0.2) is 30.3 Å². The van der Waals surface area contributed by atoms with Crippen LogP contribution in [0.4, 0.5) is 15.6 Å². The van der Waals surface area contributed by atoms with Crippen molar-refractivity contribution in [2.24, 2.45) is 0 Å². The molecule has 2 aromatic rings. The molecule has 1 aromatic carbocycles. The number of hydrogen-bond donors (Lipinski definition) is 2. The lowest BCUT2D eigenvalue weighted by atomic mass is 10.1. The van der Waals surface area contributed by atoms with Crippen LogP contribution in [0.2, 0.25) is 0 Å². The number of aliphatic carboxylic acids is 1. The van der Waals surface area contributed by atoms with Crippen molar-refractivity contribution in [3.63, 3.8) is 0 Å². The van der Waals surface area contributed by atoms with Crippen LogP contribution in [-0.2, 0) is 27.2 Å². The Bertz CT molecular complexity index is 943. The van der Waals surface area contributed by atoms with E-state index in [1.165, 1.54) is 24.3 Å². The zero-order valence-corrected chi connectivity index (χ0v) is 18.1. The normalized spacial score (nSPS) is 11.3. The van der Waals surface area contributed by atoms with Crippen LogP contribution in [0, 0.1) is 0 Å². The lowest BCUT2D eigenvalue weighted by Crippen LogP contribution is -2.27. The first-order valence-electron chi connectivity index (χ1n) is 9.27. The zero-order valence-electron chi connectivity index (χ0n) is 17.3. The van der Waals surface area contributed by atoms with Gasteiger partial charge in [-0.3, -0.25) is 10.1 Å². The number of carboxylic acids is 1. The van der Waals surface area contributed by atoms with E-state index in [0.29, 0.717) is 34.2 Å².